The van der Waals surface area contributed by atoms with E-state index in [9.17, 15) is 20.0 Å². The number of nitrogens with zero attached hydrogens (tertiary/aromatic N) is 1. The summed E-state index contributed by atoms with van der Waals surface area (Å²) in [6.07, 6.45) is 0.150. The number of nitrogens with one attached hydrogen (secondary N) is 1. The predicted octanol–water partition coefficient (Wildman–Crippen LogP) is 1.31. The molecule has 0 aliphatic rings. The molecule has 2 atom stereocenters. The molecule has 0 saturated carbocycles. The minimum atomic E-state index is -0.646. The van der Waals surface area contributed by atoms with Crippen LogP contribution in [0.2, 0.25) is 0 Å². The summed E-state index contributed by atoms with van der Waals surface area (Å²) in [6, 6.07) is 3.85. The van der Waals surface area contributed by atoms with Crippen molar-refractivity contribution in [3.05, 3.63) is 33.9 Å². The molecule has 2 unspecified atom stereocenters. The Bertz CT molecular complexity index is 504. The van der Waals surface area contributed by atoms with E-state index in [2.05, 4.69) is 5.32 Å². The molecule has 0 bridgehead atoms. The van der Waals surface area contributed by atoms with Crippen molar-refractivity contribution >= 4 is 17.3 Å². The molecular weight excluding hydrogens is 262 g/mol. The average molecular weight is 281 g/mol. The quantitative estimate of drug-likeness (QED) is 0.412. The molecule has 7 nitrogen and oxygen atoms in total. The summed E-state index contributed by atoms with van der Waals surface area (Å²) < 4.78 is 0. The van der Waals surface area contributed by atoms with Gasteiger partial charge in [0, 0.05) is 18.2 Å². The van der Waals surface area contributed by atoms with Crippen molar-refractivity contribution in [2.75, 3.05) is 12.3 Å². The van der Waals surface area contributed by atoms with Crippen LogP contribution in [0.15, 0.2) is 18.2 Å². The van der Waals surface area contributed by atoms with Crippen molar-refractivity contribution in [2.24, 2.45) is 5.92 Å². The molecule has 0 spiro atoms. The molecule has 1 rings (SSSR count). The second-order valence-corrected chi connectivity index (χ2v) is 4.69. The fraction of sp³-hybridized carbons (Fsp3) is 0.462. The van der Waals surface area contributed by atoms with E-state index < -0.39 is 16.9 Å². The molecule has 1 amide bonds. The third-order valence-corrected chi connectivity index (χ3v) is 3.26. The van der Waals surface area contributed by atoms with Crippen LogP contribution in [0.25, 0.3) is 0 Å². The number of aliphatic hydroxyl groups is 1. The molecule has 0 saturated heterocycles. The van der Waals surface area contributed by atoms with Crippen molar-refractivity contribution in [1.82, 2.24) is 5.32 Å². The number of nitrogens with two attached hydrogens (primary N) is 1. The van der Waals surface area contributed by atoms with E-state index in [1.54, 1.807) is 0 Å². The summed E-state index contributed by atoms with van der Waals surface area (Å²) in [5.74, 6) is -0.411. The van der Waals surface area contributed by atoms with E-state index >= 15 is 0 Å². The monoisotopic (exact) mass is 281 g/mol. The van der Waals surface area contributed by atoms with Crippen LogP contribution in [0.1, 0.15) is 30.6 Å². The van der Waals surface area contributed by atoms with E-state index in [0.29, 0.717) is 0 Å². The van der Waals surface area contributed by atoms with Gasteiger partial charge in [-0.15, -0.1) is 0 Å². The predicted molar refractivity (Wildman–Crippen MR) is 75.3 cm³/mol. The van der Waals surface area contributed by atoms with E-state index in [-0.39, 0.29) is 29.4 Å². The second-order valence-electron chi connectivity index (χ2n) is 4.69. The molecule has 0 fully saturated rings. The van der Waals surface area contributed by atoms with Crippen molar-refractivity contribution in [3.63, 3.8) is 0 Å². The first-order valence-corrected chi connectivity index (χ1v) is 6.37. The minimum absolute atomic E-state index is 0.00573. The summed E-state index contributed by atoms with van der Waals surface area (Å²) in [7, 11) is 0. The maximum absolute atomic E-state index is 11.9. The van der Waals surface area contributed by atoms with Gasteiger partial charge in [0.05, 0.1) is 11.0 Å². The fourth-order valence-corrected chi connectivity index (χ4v) is 1.62. The van der Waals surface area contributed by atoms with Crippen LogP contribution in [0.3, 0.4) is 0 Å². The van der Waals surface area contributed by atoms with Crippen LogP contribution in [0.5, 0.6) is 0 Å². The SMILES string of the molecule is CCC(C)C(O)CNC(=O)c1ccc(N)c([N+](=O)[O-])c1. The number of hydrogen-bond donors (Lipinski definition) is 3. The van der Waals surface area contributed by atoms with E-state index in [4.69, 9.17) is 5.73 Å². The summed E-state index contributed by atoms with van der Waals surface area (Å²) >= 11 is 0. The van der Waals surface area contributed by atoms with Crippen molar-refractivity contribution < 1.29 is 14.8 Å². The van der Waals surface area contributed by atoms with Crippen LogP contribution < -0.4 is 11.1 Å². The zero-order chi connectivity index (χ0) is 15.3. The molecule has 0 radical (unpaired) electrons. The molecule has 110 valence electrons. The highest BCUT2D eigenvalue weighted by molar-refractivity contribution is 5.95. The largest absolute Gasteiger partial charge is 0.393 e. The van der Waals surface area contributed by atoms with Gasteiger partial charge in [-0.2, -0.15) is 0 Å². The zero-order valence-electron chi connectivity index (χ0n) is 11.5. The Balaban J connectivity index is 2.73. The van der Waals surface area contributed by atoms with Crippen LogP contribution in [-0.2, 0) is 0 Å². The summed E-state index contributed by atoms with van der Waals surface area (Å²) in [4.78, 5) is 22.0. The third-order valence-electron chi connectivity index (χ3n) is 3.26. The maximum Gasteiger partial charge on any atom is 0.292 e. The van der Waals surface area contributed by atoms with Gasteiger partial charge in [0.1, 0.15) is 5.69 Å². The number of nitro groups is 1. The number of hydrogen-bond acceptors (Lipinski definition) is 5. The van der Waals surface area contributed by atoms with Gasteiger partial charge in [-0.1, -0.05) is 20.3 Å². The first-order chi connectivity index (χ1) is 9.36. The van der Waals surface area contributed by atoms with Crippen LogP contribution >= 0.6 is 0 Å². The lowest BCUT2D eigenvalue weighted by Crippen LogP contribution is -2.35. The Morgan fingerprint density at radius 2 is 2.20 bits per heavy atom. The normalized spacial score (nSPS) is 13.6. The van der Waals surface area contributed by atoms with Gasteiger partial charge in [0.2, 0.25) is 0 Å². The fourth-order valence-electron chi connectivity index (χ4n) is 1.62. The molecule has 4 N–H and O–H groups in total. The van der Waals surface area contributed by atoms with Crippen molar-refractivity contribution in [1.29, 1.82) is 0 Å². The standard InChI is InChI=1S/C13H19N3O4/c1-3-8(2)12(17)7-15-13(18)9-4-5-10(14)11(6-9)16(19)20/h4-6,8,12,17H,3,7,14H2,1-2H3,(H,15,18). The number of benzene rings is 1. The highest BCUT2D eigenvalue weighted by atomic mass is 16.6. The third kappa shape index (κ3) is 3.92. The Labute approximate surface area is 116 Å². The molecule has 0 heterocycles. The number of carbonyl (C=O) groups excluding carboxylic acids is 1. The van der Waals surface area contributed by atoms with E-state index in [0.717, 1.165) is 12.5 Å². The highest BCUT2D eigenvalue weighted by Gasteiger charge is 2.17. The van der Waals surface area contributed by atoms with Crippen LogP contribution in [-0.4, -0.2) is 28.6 Å². The Kier molecular flexibility index (Phi) is 5.45. The van der Waals surface area contributed by atoms with E-state index in [1.165, 1.54) is 12.1 Å². The number of aliphatic hydroxyl groups excluding tert-OH is 1. The van der Waals surface area contributed by atoms with Crippen LogP contribution in [0.4, 0.5) is 11.4 Å². The molecule has 20 heavy (non-hydrogen) atoms. The van der Waals surface area contributed by atoms with Gasteiger partial charge in [0.15, 0.2) is 0 Å². The number of nitro benzene ring substituents is 1. The summed E-state index contributed by atoms with van der Waals surface area (Å²) in [5.41, 5.74) is 5.30. The molecule has 0 aliphatic carbocycles. The highest BCUT2D eigenvalue weighted by Crippen LogP contribution is 2.22. The smallest absolute Gasteiger partial charge is 0.292 e. The van der Waals surface area contributed by atoms with Crippen LogP contribution in [0, 0.1) is 16.0 Å². The van der Waals surface area contributed by atoms with Gasteiger partial charge >= 0.3 is 0 Å². The number of anilines is 1. The van der Waals surface area contributed by atoms with Gasteiger partial charge in [-0.25, -0.2) is 0 Å². The zero-order valence-corrected chi connectivity index (χ0v) is 11.5. The van der Waals surface area contributed by atoms with Crippen molar-refractivity contribution in [2.45, 2.75) is 26.4 Å². The lowest BCUT2D eigenvalue weighted by atomic mass is 10.0. The topological polar surface area (TPSA) is 118 Å². The molecular formula is C13H19N3O4. The second kappa shape index (κ2) is 6.85. The van der Waals surface area contributed by atoms with Crippen molar-refractivity contribution in [3.8, 4) is 0 Å². The van der Waals surface area contributed by atoms with E-state index in [1.807, 2.05) is 13.8 Å². The number of rotatable bonds is 6. The molecule has 7 heteroatoms. The Morgan fingerprint density at radius 3 is 2.75 bits per heavy atom. The lowest BCUT2D eigenvalue weighted by molar-refractivity contribution is -0.383. The first-order valence-electron chi connectivity index (χ1n) is 6.37. The summed E-state index contributed by atoms with van der Waals surface area (Å²) in [6.45, 7) is 3.93. The number of nitrogen functional groups attached to an aromatic ring is 1. The average Bonchev–Trinajstić information content (AvgIpc) is 2.43. The Hall–Kier alpha value is -2.15. The van der Waals surface area contributed by atoms with Gasteiger partial charge in [-0.3, -0.25) is 14.9 Å². The molecule has 0 aliphatic heterocycles. The molecule has 1 aromatic rings. The lowest BCUT2D eigenvalue weighted by Gasteiger charge is -2.17. The summed E-state index contributed by atoms with van der Waals surface area (Å²) in [5, 5.41) is 23.0. The number of carbonyl (C=O) groups is 1. The van der Waals surface area contributed by atoms with Gasteiger partial charge < -0.3 is 16.2 Å². The molecule has 0 aromatic heterocycles. The first kappa shape index (κ1) is 15.9. The minimum Gasteiger partial charge on any atom is -0.393 e. The van der Waals surface area contributed by atoms with Gasteiger partial charge in [-0.05, 0) is 18.1 Å². The maximum atomic E-state index is 11.9. The van der Waals surface area contributed by atoms with Gasteiger partial charge in [0.25, 0.3) is 11.6 Å². The number of amides is 1. The molecule has 1 aromatic carbocycles. The Morgan fingerprint density at radius 1 is 1.55 bits per heavy atom.